The summed E-state index contributed by atoms with van der Waals surface area (Å²) in [7, 11) is 3.58. The summed E-state index contributed by atoms with van der Waals surface area (Å²) in [4.78, 5) is 15.1. The lowest BCUT2D eigenvalue weighted by molar-refractivity contribution is -0.146. The maximum Gasteiger partial charge on any atom is 0.323 e. The number of likely N-dealkylation sites (N-methyl/N-ethyl adjacent to an activating group) is 1. The van der Waals surface area contributed by atoms with Crippen molar-refractivity contribution in [3.05, 3.63) is 0 Å². The van der Waals surface area contributed by atoms with Gasteiger partial charge in [-0.25, -0.2) is 0 Å². The zero-order chi connectivity index (χ0) is 10.6. The monoisotopic (exact) mass is 202 g/mol. The molecule has 0 aliphatic carbocycles. The largest absolute Gasteiger partial charge is 0.480 e. The topological polar surface area (TPSA) is 53.0 Å². The molecule has 0 amide bonds. The fourth-order valence-corrected chi connectivity index (χ4v) is 1.62. The Labute approximate surface area is 84.2 Å². The highest BCUT2D eigenvalue weighted by atomic mass is 16.5. The van der Waals surface area contributed by atoms with E-state index in [1.807, 2.05) is 11.9 Å². The summed E-state index contributed by atoms with van der Waals surface area (Å²) >= 11 is 0. The highest BCUT2D eigenvalue weighted by Gasteiger charge is 2.27. The fraction of sp³-hybridized carbons (Fsp3) is 0.889. The molecule has 0 aromatic carbocycles. The van der Waals surface area contributed by atoms with E-state index < -0.39 is 12.0 Å². The number of ether oxygens (including phenoxy) is 1. The van der Waals surface area contributed by atoms with Gasteiger partial charge in [-0.2, -0.15) is 0 Å². The van der Waals surface area contributed by atoms with E-state index in [4.69, 9.17) is 9.84 Å². The molecule has 0 radical (unpaired) electrons. The number of piperazine rings is 1. The van der Waals surface area contributed by atoms with Crippen LogP contribution >= 0.6 is 0 Å². The van der Waals surface area contributed by atoms with Crippen molar-refractivity contribution in [2.75, 3.05) is 46.9 Å². The zero-order valence-corrected chi connectivity index (χ0v) is 8.77. The van der Waals surface area contributed by atoms with E-state index in [9.17, 15) is 4.79 Å². The van der Waals surface area contributed by atoms with Gasteiger partial charge < -0.3 is 14.7 Å². The molecule has 0 saturated carbocycles. The molecule has 5 nitrogen and oxygen atoms in total. The van der Waals surface area contributed by atoms with Crippen molar-refractivity contribution in [3.63, 3.8) is 0 Å². The van der Waals surface area contributed by atoms with Crippen molar-refractivity contribution in [1.29, 1.82) is 0 Å². The Balaban J connectivity index is 2.47. The van der Waals surface area contributed by atoms with E-state index in [-0.39, 0.29) is 6.61 Å². The van der Waals surface area contributed by atoms with Crippen LogP contribution in [-0.2, 0) is 9.53 Å². The molecule has 82 valence electrons. The first-order valence-corrected chi connectivity index (χ1v) is 4.79. The summed E-state index contributed by atoms with van der Waals surface area (Å²) in [6.07, 6.45) is 0. The molecule has 1 N–H and O–H groups in total. The van der Waals surface area contributed by atoms with E-state index in [0.717, 1.165) is 26.2 Å². The smallest absolute Gasteiger partial charge is 0.323 e. The van der Waals surface area contributed by atoms with Crippen molar-refractivity contribution in [3.8, 4) is 0 Å². The molecule has 1 atom stereocenters. The van der Waals surface area contributed by atoms with Crippen LogP contribution in [0.3, 0.4) is 0 Å². The molecule has 0 bridgehead atoms. The fourth-order valence-electron chi connectivity index (χ4n) is 1.62. The molecule has 1 rings (SSSR count). The Morgan fingerprint density at radius 3 is 2.43 bits per heavy atom. The van der Waals surface area contributed by atoms with Crippen LogP contribution in [0.1, 0.15) is 0 Å². The molecule has 0 spiro atoms. The third kappa shape index (κ3) is 2.94. The normalized spacial score (nSPS) is 22.1. The third-order valence-electron chi connectivity index (χ3n) is 2.59. The molecule has 5 heteroatoms. The third-order valence-corrected chi connectivity index (χ3v) is 2.59. The maximum atomic E-state index is 10.9. The second kappa shape index (κ2) is 5.29. The van der Waals surface area contributed by atoms with Crippen LogP contribution in [0.15, 0.2) is 0 Å². The van der Waals surface area contributed by atoms with E-state index >= 15 is 0 Å². The summed E-state index contributed by atoms with van der Waals surface area (Å²) in [5, 5.41) is 8.99. The van der Waals surface area contributed by atoms with Gasteiger partial charge in [0.2, 0.25) is 0 Å². The van der Waals surface area contributed by atoms with Crippen molar-refractivity contribution >= 4 is 5.97 Å². The number of nitrogens with zero attached hydrogens (tertiary/aromatic N) is 2. The van der Waals surface area contributed by atoms with Gasteiger partial charge in [-0.15, -0.1) is 0 Å². The van der Waals surface area contributed by atoms with Crippen molar-refractivity contribution < 1.29 is 14.6 Å². The van der Waals surface area contributed by atoms with E-state index in [1.54, 1.807) is 0 Å². The van der Waals surface area contributed by atoms with Gasteiger partial charge in [-0.05, 0) is 7.05 Å². The summed E-state index contributed by atoms with van der Waals surface area (Å²) < 4.78 is 4.91. The minimum Gasteiger partial charge on any atom is -0.480 e. The molecule has 0 aromatic rings. The van der Waals surface area contributed by atoms with Crippen molar-refractivity contribution in [2.24, 2.45) is 0 Å². The number of methoxy groups -OCH3 is 1. The minimum absolute atomic E-state index is 0.263. The summed E-state index contributed by atoms with van der Waals surface area (Å²) in [5.41, 5.74) is 0. The molecule has 1 saturated heterocycles. The van der Waals surface area contributed by atoms with Crippen LogP contribution in [0.2, 0.25) is 0 Å². The first-order valence-electron chi connectivity index (χ1n) is 4.79. The number of aliphatic carboxylic acids is 1. The van der Waals surface area contributed by atoms with Gasteiger partial charge in [0.05, 0.1) is 6.61 Å². The first kappa shape index (κ1) is 11.4. The van der Waals surface area contributed by atoms with Gasteiger partial charge >= 0.3 is 5.97 Å². The van der Waals surface area contributed by atoms with Gasteiger partial charge in [-0.3, -0.25) is 9.69 Å². The van der Waals surface area contributed by atoms with Crippen LogP contribution in [0.5, 0.6) is 0 Å². The Kier molecular flexibility index (Phi) is 4.31. The molecule has 1 fully saturated rings. The number of hydrogen-bond donors (Lipinski definition) is 1. The van der Waals surface area contributed by atoms with Gasteiger partial charge in [-0.1, -0.05) is 0 Å². The predicted molar refractivity (Wildman–Crippen MR) is 52.4 cm³/mol. The van der Waals surface area contributed by atoms with E-state index in [2.05, 4.69) is 4.90 Å². The predicted octanol–water partition coefficient (Wildman–Crippen LogP) is -0.667. The summed E-state index contributed by atoms with van der Waals surface area (Å²) in [5.74, 6) is -0.795. The zero-order valence-electron chi connectivity index (χ0n) is 8.77. The molecule has 0 aromatic heterocycles. The van der Waals surface area contributed by atoms with Gasteiger partial charge in [0.1, 0.15) is 6.04 Å². The molecule has 1 heterocycles. The first-order chi connectivity index (χ1) is 6.65. The Morgan fingerprint density at radius 1 is 1.43 bits per heavy atom. The Hall–Kier alpha value is -0.650. The van der Waals surface area contributed by atoms with Crippen molar-refractivity contribution in [2.45, 2.75) is 6.04 Å². The highest BCUT2D eigenvalue weighted by Crippen LogP contribution is 2.05. The number of carboxylic acids is 1. The SMILES string of the molecule is COC[C@H](C(=O)O)N1CCN(C)CC1. The van der Waals surface area contributed by atoms with Crippen LogP contribution in [0, 0.1) is 0 Å². The van der Waals surface area contributed by atoms with Crippen LogP contribution in [-0.4, -0.2) is 73.9 Å². The molecular weight excluding hydrogens is 184 g/mol. The number of rotatable bonds is 4. The lowest BCUT2D eigenvalue weighted by Crippen LogP contribution is -2.53. The second-order valence-corrected chi connectivity index (χ2v) is 3.65. The Bertz CT molecular complexity index is 190. The number of carboxylic acid groups (broad SMARTS) is 1. The number of hydrogen-bond acceptors (Lipinski definition) is 4. The average Bonchev–Trinajstić information content (AvgIpc) is 2.15. The second-order valence-electron chi connectivity index (χ2n) is 3.65. The summed E-state index contributed by atoms with van der Waals surface area (Å²) in [6, 6.07) is -0.492. The quantitative estimate of drug-likeness (QED) is 0.655. The van der Waals surface area contributed by atoms with Gasteiger partial charge in [0, 0.05) is 33.3 Å². The lowest BCUT2D eigenvalue weighted by Gasteiger charge is -2.35. The Morgan fingerprint density at radius 2 is 2.00 bits per heavy atom. The van der Waals surface area contributed by atoms with Crippen LogP contribution in [0.4, 0.5) is 0 Å². The molecule has 0 unspecified atom stereocenters. The molecule has 1 aliphatic rings. The van der Waals surface area contributed by atoms with Gasteiger partial charge in [0.15, 0.2) is 0 Å². The van der Waals surface area contributed by atoms with E-state index in [1.165, 1.54) is 7.11 Å². The van der Waals surface area contributed by atoms with Crippen LogP contribution in [0.25, 0.3) is 0 Å². The maximum absolute atomic E-state index is 10.9. The van der Waals surface area contributed by atoms with E-state index in [0.29, 0.717) is 0 Å². The average molecular weight is 202 g/mol. The lowest BCUT2D eigenvalue weighted by atomic mass is 10.2. The van der Waals surface area contributed by atoms with Crippen LogP contribution < -0.4 is 0 Å². The molecular formula is C9H18N2O3. The standard InChI is InChI=1S/C9H18N2O3/c1-10-3-5-11(6-4-10)8(7-14-2)9(12)13/h8H,3-7H2,1-2H3,(H,12,13)/t8-/m1/s1. The molecule has 1 aliphatic heterocycles. The molecule has 14 heavy (non-hydrogen) atoms. The van der Waals surface area contributed by atoms with Crippen molar-refractivity contribution in [1.82, 2.24) is 9.80 Å². The summed E-state index contributed by atoms with van der Waals surface area (Å²) in [6.45, 7) is 3.72. The number of carbonyl (C=O) groups is 1. The highest BCUT2D eigenvalue weighted by molar-refractivity contribution is 5.73. The van der Waals surface area contributed by atoms with Gasteiger partial charge in [0.25, 0.3) is 0 Å². The minimum atomic E-state index is -0.795.